The Morgan fingerprint density at radius 2 is 1.92 bits per heavy atom. The first-order chi connectivity index (χ1) is 12.1. The first-order valence-corrected chi connectivity index (χ1v) is 10.3. The zero-order valence-corrected chi connectivity index (χ0v) is 16.8. The van der Waals surface area contributed by atoms with Gasteiger partial charge in [0.1, 0.15) is 0 Å². The SMILES string of the molecule is C[C@H]1C[C@@H](C(=O)Nc2ccc(CC(=O)N3CCSCC3)cc2)CCN1.Cl. The van der Waals surface area contributed by atoms with Gasteiger partial charge in [0.25, 0.3) is 0 Å². The molecule has 0 aliphatic carbocycles. The van der Waals surface area contributed by atoms with Crippen LogP contribution >= 0.6 is 24.2 Å². The van der Waals surface area contributed by atoms with Crippen LogP contribution in [0.4, 0.5) is 5.69 Å². The quantitative estimate of drug-likeness (QED) is 0.819. The molecular formula is C19H28ClN3O2S. The average Bonchev–Trinajstić information content (AvgIpc) is 2.64. The van der Waals surface area contributed by atoms with Gasteiger partial charge in [-0.15, -0.1) is 12.4 Å². The van der Waals surface area contributed by atoms with Crippen LogP contribution in [0.2, 0.25) is 0 Å². The van der Waals surface area contributed by atoms with Crippen molar-refractivity contribution < 1.29 is 9.59 Å². The minimum Gasteiger partial charge on any atom is -0.341 e. The maximum atomic E-state index is 12.4. The number of rotatable bonds is 4. The lowest BCUT2D eigenvalue weighted by Crippen LogP contribution is -2.40. The third-order valence-electron chi connectivity index (χ3n) is 4.94. The van der Waals surface area contributed by atoms with Crippen molar-refractivity contribution in [1.29, 1.82) is 0 Å². The Bertz CT molecular complexity index is 605. The highest BCUT2D eigenvalue weighted by Gasteiger charge is 2.24. The zero-order chi connectivity index (χ0) is 17.6. The van der Waals surface area contributed by atoms with Gasteiger partial charge in [-0.2, -0.15) is 11.8 Å². The summed E-state index contributed by atoms with van der Waals surface area (Å²) in [7, 11) is 0. The van der Waals surface area contributed by atoms with E-state index in [1.165, 1.54) is 0 Å². The molecule has 2 atom stereocenters. The van der Waals surface area contributed by atoms with Crippen LogP contribution in [0.3, 0.4) is 0 Å². The molecule has 0 spiro atoms. The molecule has 1 aromatic rings. The number of halogens is 1. The van der Waals surface area contributed by atoms with E-state index >= 15 is 0 Å². The number of benzene rings is 1. The molecule has 2 N–H and O–H groups in total. The van der Waals surface area contributed by atoms with Crippen LogP contribution in [0.1, 0.15) is 25.3 Å². The molecule has 26 heavy (non-hydrogen) atoms. The lowest BCUT2D eigenvalue weighted by Gasteiger charge is -2.27. The highest BCUT2D eigenvalue weighted by atomic mass is 35.5. The van der Waals surface area contributed by atoms with Crippen molar-refractivity contribution >= 4 is 41.7 Å². The number of anilines is 1. The molecular weight excluding hydrogens is 370 g/mol. The van der Waals surface area contributed by atoms with Crippen LogP contribution in [-0.2, 0) is 16.0 Å². The van der Waals surface area contributed by atoms with E-state index in [-0.39, 0.29) is 30.1 Å². The normalized spacial score (nSPS) is 23.0. The van der Waals surface area contributed by atoms with Gasteiger partial charge < -0.3 is 15.5 Å². The van der Waals surface area contributed by atoms with Crippen LogP contribution in [-0.4, -0.2) is 53.9 Å². The van der Waals surface area contributed by atoms with Gasteiger partial charge in [0.15, 0.2) is 0 Å². The van der Waals surface area contributed by atoms with Crippen molar-refractivity contribution in [1.82, 2.24) is 10.2 Å². The molecule has 2 aliphatic heterocycles. The van der Waals surface area contributed by atoms with Gasteiger partial charge in [-0.05, 0) is 44.0 Å². The second-order valence-corrected chi connectivity index (χ2v) is 8.16. The van der Waals surface area contributed by atoms with Crippen molar-refractivity contribution in [2.45, 2.75) is 32.2 Å². The van der Waals surface area contributed by atoms with Gasteiger partial charge in [-0.1, -0.05) is 12.1 Å². The Kier molecular flexibility index (Phi) is 8.25. The van der Waals surface area contributed by atoms with E-state index in [0.717, 1.165) is 55.2 Å². The molecule has 1 aromatic carbocycles. The topological polar surface area (TPSA) is 61.4 Å². The highest BCUT2D eigenvalue weighted by Crippen LogP contribution is 2.19. The largest absolute Gasteiger partial charge is 0.341 e. The number of hydrogen-bond acceptors (Lipinski definition) is 4. The number of carbonyl (C=O) groups is 2. The van der Waals surface area contributed by atoms with Crippen LogP contribution in [0.15, 0.2) is 24.3 Å². The lowest BCUT2D eigenvalue weighted by molar-refractivity contribution is -0.130. The molecule has 2 saturated heterocycles. The summed E-state index contributed by atoms with van der Waals surface area (Å²) in [5, 5.41) is 6.38. The number of nitrogens with zero attached hydrogens (tertiary/aromatic N) is 1. The standard InChI is InChI=1S/C19H27N3O2S.ClH/c1-14-12-16(6-7-20-14)19(24)21-17-4-2-15(3-5-17)13-18(23)22-8-10-25-11-9-22;/h2-5,14,16,20H,6-13H2,1H3,(H,21,24);1H/t14-,16-;/m0./s1. The Morgan fingerprint density at radius 1 is 1.23 bits per heavy atom. The van der Waals surface area contributed by atoms with Crippen LogP contribution in [0.5, 0.6) is 0 Å². The molecule has 2 heterocycles. The molecule has 2 aliphatic rings. The predicted molar refractivity (Wildman–Crippen MR) is 110 cm³/mol. The minimum atomic E-state index is 0. The molecule has 0 aromatic heterocycles. The van der Waals surface area contributed by atoms with Crippen molar-refractivity contribution in [3.05, 3.63) is 29.8 Å². The van der Waals surface area contributed by atoms with Gasteiger partial charge in [-0.3, -0.25) is 9.59 Å². The van der Waals surface area contributed by atoms with Crippen LogP contribution < -0.4 is 10.6 Å². The third kappa shape index (κ3) is 5.89. The summed E-state index contributed by atoms with van der Waals surface area (Å²) in [5.74, 6) is 2.44. The maximum Gasteiger partial charge on any atom is 0.227 e. The Labute approximate surface area is 166 Å². The number of amides is 2. The summed E-state index contributed by atoms with van der Waals surface area (Å²) in [6.07, 6.45) is 2.20. The number of nitrogens with one attached hydrogen (secondary N) is 2. The summed E-state index contributed by atoms with van der Waals surface area (Å²) in [5.41, 5.74) is 1.80. The molecule has 7 heteroatoms. The van der Waals surface area contributed by atoms with Crippen LogP contribution in [0.25, 0.3) is 0 Å². The fourth-order valence-electron chi connectivity index (χ4n) is 3.42. The predicted octanol–water partition coefficient (Wildman–Crippen LogP) is 2.55. The molecule has 2 amide bonds. The summed E-state index contributed by atoms with van der Waals surface area (Å²) in [6, 6.07) is 8.08. The van der Waals surface area contributed by atoms with E-state index in [1.807, 2.05) is 40.9 Å². The van der Waals surface area contributed by atoms with Gasteiger partial charge in [0.2, 0.25) is 11.8 Å². The number of piperidine rings is 1. The van der Waals surface area contributed by atoms with Crippen LogP contribution in [0, 0.1) is 5.92 Å². The van der Waals surface area contributed by atoms with Gasteiger partial charge in [0.05, 0.1) is 6.42 Å². The Hall–Kier alpha value is -1.24. The van der Waals surface area contributed by atoms with Crippen molar-refractivity contribution in [3.63, 3.8) is 0 Å². The molecule has 0 saturated carbocycles. The summed E-state index contributed by atoms with van der Waals surface area (Å²) < 4.78 is 0. The number of carbonyl (C=O) groups excluding carboxylic acids is 2. The molecule has 0 radical (unpaired) electrons. The highest BCUT2D eigenvalue weighted by molar-refractivity contribution is 7.99. The first kappa shape index (κ1) is 21.1. The molecule has 2 fully saturated rings. The first-order valence-electron chi connectivity index (χ1n) is 9.10. The lowest BCUT2D eigenvalue weighted by atomic mass is 9.92. The van der Waals surface area contributed by atoms with E-state index in [9.17, 15) is 9.59 Å². The fourth-order valence-corrected chi connectivity index (χ4v) is 4.32. The summed E-state index contributed by atoms with van der Waals surface area (Å²) in [6.45, 7) is 4.72. The smallest absolute Gasteiger partial charge is 0.227 e. The summed E-state index contributed by atoms with van der Waals surface area (Å²) >= 11 is 1.90. The zero-order valence-electron chi connectivity index (χ0n) is 15.2. The fraction of sp³-hybridized carbons (Fsp3) is 0.579. The minimum absolute atomic E-state index is 0. The second-order valence-electron chi connectivity index (χ2n) is 6.93. The Morgan fingerprint density at radius 3 is 2.58 bits per heavy atom. The van der Waals surface area contributed by atoms with Crippen molar-refractivity contribution in [2.75, 3.05) is 36.5 Å². The third-order valence-corrected chi connectivity index (χ3v) is 5.88. The van der Waals surface area contributed by atoms with E-state index in [1.54, 1.807) is 0 Å². The number of hydrogen-bond donors (Lipinski definition) is 2. The summed E-state index contributed by atoms with van der Waals surface area (Å²) in [4.78, 5) is 26.6. The van der Waals surface area contributed by atoms with E-state index in [0.29, 0.717) is 12.5 Å². The van der Waals surface area contributed by atoms with Crippen molar-refractivity contribution in [2.24, 2.45) is 5.92 Å². The number of thioether (sulfide) groups is 1. The van der Waals surface area contributed by atoms with E-state index in [2.05, 4.69) is 17.6 Å². The van der Waals surface area contributed by atoms with E-state index in [4.69, 9.17) is 0 Å². The molecule has 0 unspecified atom stereocenters. The van der Waals surface area contributed by atoms with Gasteiger partial charge in [-0.25, -0.2) is 0 Å². The van der Waals surface area contributed by atoms with Gasteiger partial charge in [0, 0.05) is 42.2 Å². The van der Waals surface area contributed by atoms with E-state index < -0.39 is 0 Å². The maximum absolute atomic E-state index is 12.4. The molecule has 5 nitrogen and oxygen atoms in total. The van der Waals surface area contributed by atoms with Crippen molar-refractivity contribution in [3.8, 4) is 0 Å². The van der Waals surface area contributed by atoms with Gasteiger partial charge >= 0.3 is 0 Å². The average molecular weight is 398 g/mol. The molecule has 3 rings (SSSR count). The Balaban J connectivity index is 0.00000243. The monoisotopic (exact) mass is 397 g/mol. The molecule has 0 bridgehead atoms. The molecule has 144 valence electrons. The second kappa shape index (κ2) is 10.2.